The Morgan fingerprint density at radius 1 is 1.09 bits per heavy atom. The van der Waals surface area contributed by atoms with Gasteiger partial charge in [-0.2, -0.15) is 5.26 Å². The van der Waals surface area contributed by atoms with Crippen LogP contribution in [0.25, 0.3) is 0 Å². The van der Waals surface area contributed by atoms with Crippen molar-refractivity contribution in [2.24, 2.45) is 0 Å². The van der Waals surface area contributed by atoms with Gasteiger partial charge in [0.25, 0.3) is 0 Å². The van der Waals surface area contributed by atoms with E-state index in [9.17, 15) is 4.79 Å². The average Bonchev–Trinajstić information content (AvgIpc) is 3.30. The topological polar surface area (TPSA) is 86.4 Å². The van der Waals surface area contributed by atoms with Crippen molar-refractivity contribution >= 4 is 6.03 Å². The normalized spacial score (nSPS) is 13.9. The van der Waals surface area contributed by atoms with Crippen molar-refractivity contribution in [1.29, 1.82) is 5.26 Å². The van der Waals surface area contributed by atoms with E-state index < -0.39 is 0 Å². The molecular weight excluding hydrogens is 428 g/mol. The molecule has 0 spiro atoms. The molecule has 176 valence electrons. The summed E-state index contributed by atoms with van der Waals surface area (Å²) in [4.78, 5) is 21.2. The van der Waals surface area contributed by atoms with Gasteiger partial charge in [0.1, 0.15) is 5.75 Å². The molecule has 8 nitrogen and oxygen atoms in total. The van der Waals surface area contributed by atoms with Crippen molar-refractivity contribution in [2.75, 3.05) is 32.8 Å². The highest BCUT2D eigenvalue weighted by atomic mass is 16.5. The van der Waals surface area contributed by atoms with Crippen LogP contribution in [0, 0.1) is 11.3 Å². The van der Waals surface area contributed by atoms with Crippen molar-refractivity contribution in [1.82, 2.24) is 24.7 Å². The van der Waals surface area contributed by atoms with Gasteiger partial charge >= 0.3 is 6.03 Å². The van der Waals surface area contributed by atoms with E-state index in [1.165, 1.54) is 0 Å². The Morgan fingerprint density at radius 3 is 2.59 bits per heavy atom. The van der Waals surface area contributed by atoms with Crippen LogP contribution in [0.5, 0.6) is 5.75 Å². The molecule has 0 aliphatic carbocycles. The molecule has 1 aliphatic heterocycles. The molecule has 1 N–H and O–H groups in total. The SMILES string of the molecule is CCOc1ccccc1CNC(=O)N1CCN(Cc2cncn2Cc2ccc(C#N)cc2)CC1. The van der Waals surface area contributed by atoms with E-state index in [0.717, 1.165) is 42.2 Å². The van der Waals surface area contributed by atoms with Crippen LogP contribution in [0.2, 0.25) is 0 Å². The van der Waals surface area contributed by atoms with Gasteiger partial charge in [-0.15, -0.1) is 0 Å². The van der Waals surface area contributed by atoms with E-state index in [1.807, 2.05) is 72.9 Å². The summed E-state index contributed by atoms with van der Waals surface area (Å²) in [5.41, 5.74) is 3.90. The Balaban J connectivity index is 1.26. The molecule has 0 bridgehead atoms. The van der Waals surface area contributed by atoms with Gasteiger partial charge in [-0.1, -0.05) is 30.3 Å². The summed E-state index contributed by atoms with van der Waals surface area (Å²) < 4.78 is 7.78. The largest absolute Gasteiger partial charge is 0.494 e. The number of nitrogens with zero attached hydrogens (tertiary/aromatic N) is 5. The third-order valence-electron chi connectivity index (χ3n) is 5.98. The van der Waals surface area contributed by atoms with Crippen LogP contribution in [-0.4, -0.2) is 58.2 Å². The summed E-state index contributed by atoms with van der Waals surface area (Å²) in [5, 5.41) is 12.0. The number of piperazine rings is 1. The van der Waals surface area contributed by atoms with E-state index in [2.05, 4.69) is 25.8 Å². The number of benzene rings is 2. The van der Waals surface area contributed by atoms with Crippen molar-refractivity contribution < 1.29 is 9.53 Å². The number of amides is 2. The number of nitrogens with one attached hydrogen (secondary N) is 1. The zero-order valence-corrected chi connectivity index (χ0v) is 19.5. The van der Waals surface area contributed by atoms with Crippen LogP contribution in [0.4, 0.5) is 4.79 Å². The maximum atomic E-state index is 12.7. The van der Waals surface area contributed by atoms with Gasteiger partial charge in [0.2, 0.25) is 0 Å². The summed E-state index contributed by atoms with van der Waals surface area (Å²) in [6.45, 7) is 7.49. The summed E-state index contributed by atoms with van der Waals surface area (Å²) in [7, 11) is 0. The summed E-state index contributed by atoms with van der Waals surface area (Å²) in [5.74, 6) is 0.813. The average molecular weight is 459 g/mol. The molecular formula is C26H30N6O2. The van der Waals surface area contributed by atoms with Gasteiger partial charge in [-0.05, 0) is 30.7 Å². The van der Waals surface area contributed by atoms with Crippen LogP contribution in [0.3, 0.4) is 0 Å². The first-order chi connectivity index (χ1) is 16.7. The second-order valence-electron chi connectivity index (χ2n) is 8.28. The summed E-state index contributed by atoms with van der Waals surface area (Å²) in [6.07, 6.45) is 3.75. The number of hydrogen-bond donors (Lipinski definition) is 1. The standard InChI is InChI=1S/C26H30N6O2/c1-2-34-25-6-4-3-5-23(25)16-29-26(33)31-13-11-30(12-14-31)19-24-17-28-20-32(24)18-22-9-7-21(15-27)8-10-22/h3-10,17,20H,2,11-14,16,18-19H2,1H3,(H,29,33). The van der Waals surface area contributed by atoms with Gasteiger partial charge in [-0.3, -0.25) is 4.90 Å². The first-order valence-electron chi connectivity index (χ1n) is 11.6. The number of urea groups is 1. The molecule has 1 fully saturated rings. The van der Waals surface area contributed by atoms with Crippen LogP contribution in [0.1, 0.15) is 29.3 Å². The molecule has 0 atom stereocenters. The van der Waals surface area contributed by atoms with Gasteiger partial charge < -0.3 is 19.5 Å². The second kappa shape index (κ2) is 11.3. The predicted molar refractivity (Wildman–Crippen MR) is 129 cm³/mol. The van der Waals surface area contributed by atoms with Crippen LogP contribution < -0.4 is 10.1 Å². The monoisotopic (exact) mass is 458 g/mol. The van der Waals surface area contributed by atoms with Gasteiger partial charge in [-0.25, -0.2) is 9.78 Å². The van der Waals surface area contributed by atoms with Gasteiger partial charge in [0.15, 0.2) is 0 Å². The van der Waals surface area contributed by atoms with Crippen LogP contribution >= 0.6 is 0 Å². The molecule has 34 heavy (non-hydrogen) atoms. The molecule has 0 radical (unpaired) electrons. The summed E-state index contributed by atoms with van der Waals surface area (Å²) in [6, 6.07) is 17.5. The lowest BCUT2D eigenvalue weighted by molar-refractivity contribution is 0.133. The number of aromatic nitrogens is 2. The van der Waals surface area contributed by atoms with Crippen molar-refractivity contribution in [2.45, 2.75) is 26.6 Å². The highest BCUT2D eigenvalue weighted by Gasteiger charge is 2.22. The highest BCUT2D eigenvalue weighted by Crippen LogP contribution is 2.18. The molecule has 8 heteroatoms. The quantitative estimate of drug-likeness (QED) is 0.560. The molecule has 1 aliphatic rings. The molecule has 2 amide bonds. The Bertz CT molecular complexity index is 1130. The van der Waals surface area contributed by atoms with Crippen molar-refractivity contribution in [3.63, 3.8) is 0 Å². The molecule has 1 aromatic heterocycles. The van der Waals surface area contributed by atoms with Crippen LogP contribution in [-0.2, 0) is 19.6 Å². The fourth-order valence-corrected chi connectivity index (χ4v) is 4.07. The summed E-state index contributed by atoms with van der Waals surface area (Å²) >= 11 is 0. The lowest BCUT2D eigenvalue weighted by Crippen LogP contribution is -2.51. The Morgan fingerprint density at radius 2 is 1.85 bits per heavy atom. The number of carbonyl (C=O) groups is 1. The van der Waals surface area contributed by atoms with E-state index in [0.29, 0.717) is 38.3 Å². The number of carbonyl (C=O) groups excluding carboxylic acids is 1. The molecule has 0 unspecified atom stereocenters. The number of rotatable bonds is 8. The molecule has 2 heterocycles. The first-order valence-corrected chi connectivity index (χ1v) is 11.6. The molecule has 3 aromatic rings. The third-order valence-corrected chi connectivity index (χ3v) is 5.98. The fourth-order valence-electron chi connectivity index (χ4n) is 4.07. The lowest BCUT2D eigenvalue weighted by Gasteiger charge is -2.34. The Labute approximate surface area is 200 Å². The van der Waals surface area contributed by atoms with Gasteiger partial charge in [0, 0.05) is 57.6 Å². The number of imidazole rings is 1. The first kappa shape index (κ1) is 23.3. The lowest BCUT2D eigenvalue weighted by atomic mass is 10.1. The number of hydrogen-bond acceptors (Lipinski definition) is 5. The molecule has 1 saturated heterocycles. The zero-order chi connectivity index (χ0) is 23.8. The van der Waals surface area contributed by atoms with Crippen LogP contribution in [0.15, 0.2) is 61.1 Å². The minimum Gasteiger partial charge on any atom is -0.494 e. The highest BCUT2D eigenvalue weighted by molar-refractivity contribution is 5.74. The van der Waals surface area contributed by atoms with E-state index in [4.69, 9.17) is 10.00 Å². The molecule has 2 aromatic carbocycles. The number of ether oxygens (including phenoxy) is 1. The minimum absolute atomic E-state index is 0.0446. The minimum atomic E-state index is -0.0446. The van der Waals surface area contributed by atoms with Crippen molar-refractivity contribution in [3.8, 4) is 11.8 Å². The maximum Gasteiger partial charge on any atom is 0.317 e. The van der Waals surface area contributed by atoms with E-state index >= 15 is 0 Å². The smallest absolute Gasteiger partial charge is 0.317 e. The third kappa shape index (κ3) is 5.94. The van der Waals surface area contributed by atoms with E-state index in [1.54, 1.807) is 0 Å². The van der Waals surface area contributed by atoms with Crippen molar-refractivity contribution in [3.05, 3.63) is 83.4 Å². The maximum absolute atomic E-state index is 12.7. The predicted octanol–water partition coefficient (Wildman–Crippen LogP) is 3.23. The zero-order valence-electron chi connectivity index (χ0n) is 19.5. The molecule has 4 rings (SSSR count). The second-order valence-corrected chi connectivity index (χ2v) is 8.28. The molecule has 0 saturated carbocycles. The van der Waals surface area contributed by atoms with Gasteiger partial charge in [0.05, 0.1) is 30.3 Å². The van der Waals surface area contributed by atoms with E-state index in [-0.39, 0.29) is 6.03 Å². The number of nitriles is 1. The number of para-hydroxylation sites is 1. The fraction of sp³-hybridized carbons (Fsp3) is 0.346. The Hall–Kier alpha value is -3.83. The Kier molecular flexibility index (Phi) is 7.79.